The number of rotatable bonds is 4. The minimum atomic E-state index is -4.78. The number of nitrogens with one attached hydrogen (secondary N) is 1. The molecule has 0 aliphatic heterocycles. The fraction of sp³-hybridized carbons (Fsp3) is 0.0667. The zero-order valence-electron chi connectivity index (χ0n) is 11.5. The summed E-state index contributed by atoms with van der Waals surface area (Å²) in [4.78, 5) is 2.64. The molecule has 0 saturated carbocycles. The van der Waals surface area contributed by atoms with Gasteiger partial charge in [0.15, 0.2) is 0 Å². The van der Waals surface area contributed by atoms with Crippen LogP contribution in [0.1, 0.15) is 0 Å². The second-order valence-corrected chi connectivity index (χ2v) is 9.05. The van der Waals surface area contributed by atoms with Crippen molar-refractivity contribution in [1.29, 1.82) is 0 Å². The van der Waals surface area contributed by atoms with Crippen LogP contribution in [0.4, 0.5) is 8.78 Å². The second-order valence-electron chi connectivity index (χ2n) is 4.72. The van der Waals surface area contributed by atoms with Gasteiger partial charge in [-0.2, -0.15) is 8.78 Å². The number of halogens is 3. The third kappa shape index (κ3) is 3.02. The van der Waals surface area contributed by atoms with Gasteiger partial charge in [0.25, 0.3) is 9.84 Å². The maximum atomic E-state index is 14.4. The van der Waals surface area contributed by atoms with Crippen molar-refractivity contribution in [2.45, 2.75) is 14.4 Å². The van der Waals surface area contributed by atoms with Gasteiger partial charge in [-0.25, -0.2) is 8.42 Å². The van der Waals surface area contributed by atoms with Crippen molar-refractivity contribution < 1.29 is 17.2 Å². The number of sulfone groups is 1. The number of fused-ring (bicyclic) bond motifs is 1. The van der Waals surface area contributed by atoms with Crippen LogP contribution in [0.2, 0.25) is 0 Å². The first kappa shape index (κ1) is 16.5. The van der Waals surface area contributed by atoms with Gasteiger partial charge in [-0.1, -0.05) is 40.2 Å². The number of hydrogen-bond donors (Lipinski definition) is 1. The summed E-state index contributed by atoms with van der Waals surface area (Å²) in [5.41, 5.74) is 0.648. The van der Waals surface area contributed by atoms with E-state index >= 15 is 0 Å². The van der Waals surface area contributed by atoms with Gasteiger partial charge in [-0.05, 0) is 36.0 Å². The molecule has 0 aliphatic rings. The largest absolute Gasteiger partial charge is 0.401 e. The monoisotopic (exact) mass is 417 g/mol. The van der Waals surface area contributed by atoms with E-state index in [1.165, 1.54) is 18.3 Å². The Morgan fingerprint density at radius 1 is 1.09 bits per heavy atom. The average molecular weight is 418 g/mol. The fourth-order valence-electron chi connectivity index (χ4n) is 2.08. The molecule has 0 unspecified atom stereocenters. The fourth-order valence-corrected chi connectivity index (χ4v) is 4.89. The van der Waals surface area contributed by atoms with Crippen LogP contribution in [0.15, 0.2) is 69.0 Å². The van der Waals surface area contributed by atoms with Gasteiger partial charge in [0.2, 0.25) is 0 Å². The molecule has 2 aromatic carbocycles. The van der Waals surface area contributed by atoms with E-state index in [2.05, 4.69) is 20.9 Å². The van der Waals surface area contributed by atoms with Gasteiger partial charge < -0.3 is 4.98 Å². The van der Waals surface area contributed by atoms with Crippen LogP contribution in [-0.2, 0) is 9.84 Å². The molecule has 1 heterocycles. The van der Waals surface area contributed by atoms with E-state index in [0.717, 1.165) is 16.6 Å². The molecule has 3 aromatic rings. The summed E-state index contributed by atoms with van der Waals surface area (Å²) in [5, 5.41) is 0.543. The summed E-state index contributed by atoms with van der Waals surface area (Å²) in [6.07, 6.45) is 1.39. The molecule has 120 valence electrons. The lowest BCUT2D eigenvalue weighted by atomic mass is 10.2. The zero-order chi connectivity index (χ0) is 16.7. The molecular formula is C15H10BrF2NO2S2. The number of H-pyrrole nitrogens is 1. The molecular weight excluding hydrogens is 408 g/mol. The van der Waals surface area contributed by atoms with E-state index in [0.29, 0.717) is 10.9 Å². The van der Waals surface area contributed by atoms with Crippen molar-refractivity contribution >= 4 is 48.4 Å². The summed E-state index contributed by atoms with van der Waals surface area (Å²) in [5.74, 6) is 0. The minimum absolute atomic E-state index is 0.0218. The Labute approximate surface area is 144 Å². The summed E-state index contributed by atoms with van der Waals surface area (Å²) >= 11 is 3.32. The lowest BCUT2D eigenvalue weighted by Gasteiger charge is -2.16. The quantitative estimate of drug-likeness (QED) is 0.604. The smallest absolute Gasteiger partial charge is 0.360 e. The van der Waals surface area contributed by atoms with Gasteiger partial charge in [0, 0.05) is 26.5 Å². The third-order valence-corrected chi connectivity index (χ3v) is 6.92. The number of hydrogen-bond acceptors (Lipinski definition) is 3. The van der Waals surface area contributed by atoms with Crippen LogP contribution in [-0.4, -0.2) is 18.0 Å². The average Bonchev–Trinajstić information content (AvgIpc) is 2.89. The number of alkyl halides is 2. The molecule has 0 fully saturated rings. The topological polar surface area (TPSA) is 49.9 Å². The normalized spacial score (nSPS) is 12.7. The first-order valence-electron chi connectivity index (χ1n) is 6.44. The van der Waals surface area contributed by atoms with E-state index < -0.39 is 19.3 Å². The zero-order valence-corrected chi connectivity index (χ0v) is 14.7. The predicted octanol–water partition coefficient (Wildman–Crippen LogP) is 5.05. The van der Waals surface area contributed by atoms with Crippen molar-refractivity contribution in [3.63, 3.8) is 0 Å². The molecule has 0 bridgehead atoms. The molecule has 0 atom stereocenters. The van der Waals surface area contributed by atoms with E-state index in [9.17, 15) is 17.2 Å². The van der Waals surface area contributed by atoms with E-state index in [1.807, 2.05) is 0 Å². The number of benzene rings is 2. The van der Waals surface area contributed by atoms with Crippen molar-refractivity contribution in [2.24, 2.45) is 0 Å². The third-order valence-electron chi connectivity index (χ3n) is 3.20. The van der Waals surface area contributed by atoms with Crippen molar-refractivity contribution in [3.05, 3.63) is 59.2 Å². The molecule has 8 heteroatoms. The lowest BCUT2D eigenvalue weighted by molar-refractivity contribution is 0.195. The Hall–Kier alpha value is -1.38. The second kappa shape index (κ2) is 5.92. The first-order valence-corrected chi connectivity index (χ1v) is 9.54. The molecule has 0 radical (unpaired) electrons. The Morgan fingerprint density at radius 2 is 1.78 bits per heavy atom. The van der Waals surface area contributed by atoms with Crippen molar-refractivity contribution in [2.75, 3.05) is 0 Å². The number of thioether (sulfide) groups is 1. The Bertz CT molecular complexity index is 956. The Kier molecular flexibility index (Phi) is 4.24. The highest BCUT2D eigenvalue weighted by Gasteiger charge is 2.47. The Balaban J connectivity index is 2.00. The van der Waals surface area contributed by atoms with Crippen LogP contribution in [0, 0.1) is 0 Å². The van der Waals surface area contributed by atoms with E-state index in [-0.39, 0.29) is 16.7 Å². The molecule has 23 heavy (non-hydrogen) atoms. The molecule has 0 aliphatic carbocycles. The van der Waals surface area contributed by atoms with Gasteiger partial charge in [-0.15, -0.1) is 0 Å². The summed E-state index contributed by atoms with van der Waals surface area (Å²) in [7, 11) is -4.78. The van der Waals surface area contributed by atoms with E-state index in [4.69, 9.17) is 0 Å². The molecule has 0 saturated heterocycles. The molecule has 3 nitrogen and oxygen atoms in total. The van der Waals surface area contributed by atoms with E-state index in [1.54, 1.807) is 24.3 Å². The maximum Gasteiger partial charge on any atom is 0.401 e. The first-order chi connectivity index (χ1) is 10.8. The molecule has 3 rings (SSSR count). The molecule has 1 N–H and O–H groups in total. The lowest BCUT2D eigenvalue weighted by Crippen LogP contribution is -2.24. The summed E-state index contributed by atoms with van der Waals surface area (Å²) < 4.78 is 50.0. The van der Waals surface area contributed by atoms with Gasteiger partial charge in [-0.3, -0.25) is 0 Å². The highest BCUT2D eigenvalue weighted by atomic mass is 79.9. The van der Waals surface area contributed by atoms with Crippen LogP contribution >= 0.6 is 27.7 Å². The van der Waals surface area contributed by atoms with Crippen LogP contribution in [0.3, 0.4) is 0 Å². The maximum absolute atomic E-state index is 14.4. The molecule has 1 aromatic heterocycles. The number of aromatic nitrogens is 1. The van der Waals surface area contributed by atoms with Gasteiger partial charge >= 0.3 is 4.59 Å². The van der Waals surface area contributed by atoms with Gasteiger partial charge in [0.1, 0.15) is 0 Å². The van der Waals surface area contributed by atoms with Crippen molar-refractivity contribution in [3.8, 4) is 0 Å². The highest BCUT2D eigenvalue weighted by Crippen LogP contribution is 2.45. The SMILES string of the molecule is O=S(=O)(c1ccccc1)C(F)(F)Sc1c[nH]c2cc(Br)ccc12. The summed E-state index contributed by atoms with van der Waals surface area (Å²) in [6.45, 7) is 0. The predicted molar refractivity (Wildman–Crippen MR) is 90.4 cm³/mol. The van der Waals surface area contributed by atoms with Gasteiger partial charge in [0.05, 0.1) is 4.90 Å². The van der Waals surface area contributed by atoms with Crippen LogP contribution < -0.4 is 0 Å². The summed E-state index contributed by atoms with van der Waals surface area (Å²) in [6, 6.07) is 11.8. The van der Waals surface area contributed by atoms with Crippen molar-refractivity contribution in [1.82, 2.24) is 4.98 Å². The Morgan fingerprint density at radius 3 is 2.48 bits per heavy atom. The number of aromatic amines is 1. The van der Waals surface area contributed by atoms with Crippen LogP contribution in [0.5, 0.6) is 0 Å². The highest BCUT2D eigenvalue weighted by molar-refractivity contribution is 9.10. The molecule has 0 spiro atoms. The minimum Gasteiger partial charge on any atom is -0.360 e. The van der Waals surface area contributed by atoms with Crippen LogP contribution in [0.25, 0.3) is 10.9 Å². The standard InChI is InChI=1S/C15H10BrF2NO2S2/c16-10-6-7-12-13(8-10)19-9-14(12)22-15(17,18)23(20,21)11-4-2-1-3-5-11/h1-9,19H. The molecule has 0 amide bonds.